The molecule has 60 heavy (non-hydrogen) atoms. The molecule has 5 heteroatoms. The van der Waals surface area contributed by atoms with Gasteiger partial charge in [-0.3, -0.25) is 0 Å². The van der Waals surface area contributed by atoms with Gasteiger partial charge in [-0.1, -0.05) is 159 Å². The lowest BCUT2D eigenvalue weighted by molar-refractivity contribution is 0.660. The fourth-order valence-electron chi connectivity index (χ4n) is 9.33. The van der Waals surface area contributed by atoms with Crippen LogP contribution >= 0.6 is 0 Å². The maximum absolute atomic E-state index is 6.40. The highest BCUT2D eigenvalue weighted by Gasteiger charge is 2.35. The molecule has 0 fully saturated rings. The summed E-state index contributed by atoms with van der Waals surface area (Å²) in [7, 11) is 0. The molecule has 1 aliphatic carbocycles. The van der Waals surface area contributed by atoms with E-state index < -0.39 is 0 Å². The first-order valence-corrected chi connectivity index (χ1v) is 20.4. The van der Waals surface area contributed by atoms with Gasteiger partial charge < -0.3 is 4.42 Å². The number of nitrogens with zero attached hydrogens (tertiary/aromatic N) is 4. The number of furan rings is 1. The molecule has 11 aromatic rings. The maximum Gasteiger partial charge on any atom is 0.164 e. The molecule has 1 aliphatic rings. The van der Waals surface area contributed by atoms with E-state index in [9.17, 15) is 0 Å². The monoisotopic (exact) mass is 768 g/mol. The molecule has 0 amide bonds. The minimum absolute atomic E-state index is 0.0781. The minimum Gasteiger partial charge on any atom is -0.456 e. The van der Waals surface area contributed by atoms with Crippen LogP contribution in [0.1, 0.15) is 25.0 Å². The molecule has 0 bridgehead atoms. The molecule has 0 saturated carbocycles. The molecule has 5 nitrogen and oxygen atoms in total. The van der Waals surface area contributed by atoms with E-state index in [1.807, 2.05) is 36.4 Å². The number of fused-ring (bicyclic) bond motifs is 10. The lowest BCUT2D eigenvalue weighted by Crippen LogP contribution is -2.14. The Hall–Kier alpha value is -7.76. The van der Waals surface area contributed by atoms with Crippen LogP contribution in [0.2, 0.25) is 0 Å². The van der Waals surface area contributed by atoms with E-state index in [2.05, 4.69) is 159 Å². The Bertz CT molecular complexity index is 3500. The van der Waals surface area contributed by atoms with Gasteiger partial charge in [0.05, 0.1) is 11.2 Å². The Labute approximate surface area is 346 Å². The molecule has 12 rings (SSSR count). The smallest absolute Gasteiger partial charge is 0.164 e. The van der Waals surface area contributed by atoms with Gasteiger partial charge in [-0.05, 0) is 69.8 Å². The van der Waals surface area contributed by atoms with Crippen LogP contribution in [0.4, 0.5) is 0 Å². The molecule has 0 radical (unpaired) electrons. The molecule has 3 heterocycles. The second-order valence-corrected chi connectivity index (χ2v) is 16.2. The Morgan fingerprint density at radius 3 is 1.75 bits per heavy atom. The summed E-state index contributed by atoms with van der Waals surface area (Å²) < 4.78 is 6.40. The summed E-state index contributed by atoms with van der Waals surface area (Å²) in [6, 6.07) is 63.6. The number of aromatic nitrogens is 4. The van der Waals surface area contributed by atoms with Crippen LogP contribution in [0.3, 0.4) is 0 Å². The summed E-state index contributed by atoms with van der Waals surface area (Å²) >= 11 is 0. The van der Waals surface area contributed by atoms with Gasteiger partial charge in [0.25, 0.3) is 0 Å². The highest BCUT2D eigenvalue weighted by atomic mass is 16.3. The Morgan fingerprint density at radius 2 is 0.967 bits per heavy atom. The van der Waals surface area contributed by atoms with Crippen molar-refractivity contribution in [3.63, 3.8) is 0 Å². The van der Waals surface area contributed by atoms with Gasteiger partial charge in [-0.25, -0.2) is 19.9 Å². The quantitative estimate of drug-likeness (QED) is 0.163. The predicted octanol–water partition coefficient (Wildman–Crippen LogP) is 14.1. The van der Waals surface area contributed by atoms with E-state index >= 15 is 0 Å². The van der Waals surface area contributed by atoms with E-state index in [0.29, 0.717) is 17.5 Å². The van der Waals surface area contributed by atoms with Crippen LogP contribution in [0, 0.1) is 0 Å². The van der Waals surface area contributed by atoms with E-state index in [0.717, 1.165) is 82.7 Å². The fourth-order valence-corrected chi connectivity index (χ4v) is 9.33. The number of pyridine rings is 1. The van der Waals surface area contributed by atoms with E-state index in [4.69, 9.17) is 24.4 Å². The Kier molecular flexibility index (Phi) is 7.51. The first-order valence-electron chi connectivity index (χ1n) is 20.4. The zero-order chi connectivity index (χ0) is 40.0. The number of benzene rings is 8. The third kappa shape index (κ3) is 5.33. The molecular weight excluding hydrogens is 733 g/mol. The molecule has 0 saturated heterocycles. The summed E-state index contributed by atoms with van der Waals surface area (Å²) in [5.74, 6) is 1.92. The molecule has 0 N–H and O–H groups in total. The summed E-state index contributed by atoms with van der Waals surface area (Å²) in [4.78, 5) is 20.5. The first kappa shape index (κ1) is 34.3. The van der Waals surface area contributed by atoms with Crippen molar-refractivity contribution in [3.05, 3.63) is 193 Å². The van der Waals surface area contributed by atoms with Gasteiger partial charge in [-0.15, -0.1) is 0 Å². The van der Waals surface area contributed by atoms with Gasteiger partial charge in [-0.2, -0.15) is 0 Å². The molecule has 0 atom stereocenters. The summed E-state index contributed by atoms with van der Waals surface area (Å²) in [6.07, 6.45) is 0. The highest BCUT2D eigenvalue weighted by molar-refractivity contribution is 6.28. The first-order chi connectivity index (χ1) is 29.5. The lowest BCUT2D eigenvalue weighted by Gasteiger charge is -2.21. The van der Waals surface area contributed by atoms with Crippen LogP contribution in [0.15, 0.2) is 186 Å². The topological polar surface area (TPSA) is 64.7 Å². The average molecular weight is 769 g/mol. The zero-order valence-electron chi connectivity index (χ0n) is 33.0. The molecule has 8 aromatic carbocycles. The van der Waals surface area contributed by atoms with Crippen molar-refractivity contribution < 1.29 is 4.42 Å². The van der Waals surface area contributed by atoms with Crippen LogP contribution in [-0.2, 0) is 5.41 Å². The SMILES string of the molecule is CC1(C)c2ccccc2-c2cc(-c3nc(-c4ccccc4)nc(-c4ccc(-c5ccc6nc(-c7ccccc7)c7ccc8oc9ccccc9c8c7c6c5)cc4)n3)ccc21. The lowest BCUT2D eigenvalue weighted by atomic mass is 9.82. The van der Waals surface area contributed by atoms with E-state index in [1.54, 1.807) is 0 Å². The molecule has 0 spiro atoms. The van der Waals surface area contributed by atoms with Crippen LogP contribution in [0.5, 0.6) is 0 Å². The number of para-hydroxylation sites is 1. The van der Waals surface area contributed by atoms with Crippen molar-refractivity contribution in [1.29, 1.82) is 0 Å². The van der Waals surface area contributed by atoms with Crippen LogP contribution < -0.4 is 0 Å². The normalized spacial score (nSPS) is 13.0. The fraction of sp³-hybridized carbons (Fsp3) is 0.0545. The van der Waals surface area contributed by atoms with Crippen molar-refractivity contribution in [2.45, 2.75) is 19.3 Å². The minimum atomic E-state index is -0.0781. The highest BCUT2D eigenvalue weighted by Crippen LogP contribution is 2.49. The van der Waals surface area contributed by atoms with Gasteiger partial charge >= 0.3 is 0 Å². The van der Waals surface area contributed by atoms with Gasteiger partial charge in [0.1, 0.15) is 11.2 Å². The predicted molar refractivity (Wildman–Crippen MR) is 245 cm³/mol. The van der Waals surface area contributed by atoms with E-state index in [-0.39, 0.29) is 5.41 Å². The molecule has 0 unspecified atom stereocenters. The summed E-state index contributed by atoms with van der Waals surface area (Å²) in [6.45, 7) is 4.60. The van der Waals surface area contributed by atoms with Crippen molar-refractivity contribution in [3.8, 4) is 67.7 Å². The van der Waals surface area contributed by atoms with Crippen LogP contribution in [0.25, 0.3) is 111 Å². The second kappa shape index (κ2) is 13.1. The third-order valence-corrected chi connectivity index (χ3v) is 12.3. The second-order valence-electron chi connectivity index (χ2n) is 16.2. The van der Waals surface area contributed by atoms with Crippen molar-refractivity contribution in [1.82, 2.24) is 19.9 Å². The molecule has 3 aromatic heterocycles. The number of rotatable bonds is 5. The molecule has 0 aliphatic heterocycles. The van der Waals surface area contributed by atoms with Crippen molar-refractivity contribution >= 4 is 43.6 Å². The maximum atomic E-state index is 6.40. The Balaban J connectivity index is 0.987. The van der Waals surface area contributed by atoms with Gasteiger partial charge in [0.2, 0.25) is 0 Å². The van der Waals surface area contributed by atoms with Gasteiger partial charge in [0, 0.05) is 54.6 Å². The number of hydrogen-bond acceptors (Lipinski definition) is 5. The Morgan fingerprint density at radius 1 is 0.367 bits per heavy atom. The largest absolute Gasteiger partial charge is 0.456 e. The number of hydrogen-bond donors (Lipinski definition) is 0. The zero-order valence-corrected chi connectivity index (χ0v) is 33.0. The summed E-state index contributed by atoms with van der Waals surface area (Å²) in [5.41, 5.74) is 14.8. The van der Waals surface area contributed by atoms with E-state index in [1.165, 1.54) is 22.3 Å². The molecular formula is C55H36N4O. The standard InChI is InChI=1S/C55H36N4O/c1-55(2)44-19-11-9-17-39(44)42-32-38(25-28-45(42)55)54-58-52(35-15-7-4-8-16-35)57-53(59-54)36-23-21-33(22-24-36)37-26-29-46-43(31-37)49-41(51(56-46)34-13-5-3-6-14-34)27-30-48-50(49)40-18-10-12-20-47(40)60-48/h3-32H,1-2H3. The van der Waals surface area contributed by atoms with Crippen LogP contribution in [-0.4, -0.2) is 19.9 Å². The summed E-state index contributed by atoms with van der Waals surface area (Å²) in [5, 5.41) is 5.52. The third-order valence-electron chi connectivity index (χ3n) is 12.3. The average Bonchev–Trinajstić information content (AvgIpc) is 3.80. The van der Waals surface area contributed by atoms with Gasteiger partial charge in [0.15, 0.2) is 17.5 Å². The van der Waals surface area contributed by atoms with Crippen molar-refractivity contribution in [2.75, 3.05) is 0 Å². The molecule has 282 valence electrons. The van der Waals surface area contributed by atoms with Crippen molar-refractivity contribution in [2.24, 2.45) is 0 Å².